The van der Waals surface area contributed by atoms with E-state index in [2.05, 4.69) is 13.0 Å². The van der Waals surface area contributed by atoms with Gasteiger partial charge >= 0.3 is 0 Å². The molecule has 0 radical (unpaired) electrons. The molecule has 0 aliphatic heterocycles. The molecule has 0 aromatic heterocycles. The van der Waals surface area contributed by atoms with Crippen molar-refractivity contribution < 1.29 is 9.59 Å². The van der Waals surface area contributed by atoms with Crippen molar-refractivity contribution in [3.05, 3.63) is 34.9 Å². The van der Waals surface area contributed by atoms with Gasteiger partial charge in [-0.25, -0.2) is 0 Å². The fraction of sp³-hybridized carbons (Fsp3) is 0.529. The molecular weight excluding hydrogens is 264 g/mol. The summed E-state index contributed by atoms with van der Waals surface area (Å²) >= 11 is 0. The second-order valence-corrected chi connectivity index (χ2v) is 5.79. The van der Waals surface area contributed by atoms with Crippen molar-refractivity contribution in [2.45, 2.75) is 39.0 Å². The fourth-order valence-corrected chi connectivity index (χ4v) is 2.86. The summed E-state index contributed by atoms with van der Waals surface area (Å²) in [5.41, 5.74) is 8.68. The Balaban J connectivity index is 2.02. The zero-order valence-corrected chi connectivity index (χ0v) is 12.7. The Morgan fingerprint density at radius 3 is 2.67 bits per heavy atom. The predicted octanol–water partition coefficient (Wildman–Crippen LogP) is 1.95. The largest absolute Gasteiger partial charge is 0.369 e. The highest BCUT2D eigenvalue weighted by Crippen LogP contribution is 2.23. The molecule has 2 N–H and O–H groups in total. The van der Waals surface area contributed by atoms with Crippen LogP contribution in [0.15, 0.2) is 18.2 Å². The van der Waals surface area contributed by atoms with Gasteiger partial charge in [-0.2, -0.15) is 0 Å². The third-order valence-electron chi connectivity index (χ3n) is 4.00. The van der Waals surface area contributed by atoms with Crippen LogP contribution in [0, 0.1) is 0 Å². The van der Waals surface area contributed by atoms with E-state index in [1.807, 2.05) is 17.0 Å². The highest BCUT2D eigenvalue weighted by atomic mass is 16.1. The number of primary amides is 1. The van der Waals surface area contributed by atoms with Gasteiger partial charge in [0.05, 0.1) is 13.1 Å². The van der Waals surface area contributed by atoms with E-state index in [1.54, 1.807) is 0 Å². The highest BCUT2D eigenvalue weighted by molar-refractivity contribution is 5.98. The van der Waals surface area contributed by atoms with Gasteiger partial charge in [0.1, 0.15) is 0 Å². The van der Waals surface area contributed by atoms with E-state index in [9.17, 15) is 9.59 Å². The molecule has 0 bridgehead atoms. The molecule has 1 aromatic carbocycles. The number of amides is 1. The molecule has 0 spiro atoms. The van der Waals surface area contributed by atoms with Crippen LogP contribution in [0.4, 0.5) is 0 Å². The summed E-state index contributed by atoms with van der Waals surface area (Å²) in [5, 5.41) is 0. The minimum Gasteiger partial charge on any atom is -0.369 e. The first-order valence-electron chi connectivity index (χ1n) is 7.75. The van der Waals surface area contributed by atoms with Crippen molar-refractivity contribution in [2.24, 2.45) is 5.73 Å². The number of carbonyl (C=O) groups excluding carboxylic acids is 2. The van der Waals surface area contributed by atoms with Gasteiger partial charge in [-0.05, 0) is 49.4 Å². The van der Waals surface area contributed by atoms with Crippen LogP contribution in [-0.2, 0) is 17.6 Å². The van der Waals surface area contributed by atoms with Crippen LogP contribution in [-0.4, -0.2) is 36.2 Å². The Morgan fingerprint density at radius 1 is 1.19 bits per heavy atom. The lowest BCUT2D eigenvalue weighted by atomic mass is 10.0. The molecule has 4 heteroatoms. The standard InChI is InChI=1S/C17H24N2O2/c1-2-3-9-19(12-17(18)21)11-16(20)15-8-7-13-5-4-6-14(13)10-15/h7-8,10H,2-6,9,11-12H2,1H3,(H2,18,21). The number of nitrogens with zero attached hydrogens (tertiary/aromatic N) is 1. The van der Waals surface area contributed by atoms with Crippen LogP contribution in [0.25, 0.3) is 0 Å². The maximum Gasteiger partial charge on any atom is 0.231 e. The number of fused-ring (bicyclic) bond motifs is 1. The number of ketones is 1. The molecule has 21 heavy (non-hydrogen) atoms. The lowest BCUT2D eigenvalue weighted by Crippen LogP contribution is -2.38. The van der Waals surface area contributed by atoms with Crippen molar-refractivity contribution in [3.63, 3.8) is 0 Å². The van der Waals surface area contributed by atoms with Crippen LogP contribution >= 0.6 is 0 Å². The van der Waals surface area contributed by atoms with Gasteiger partial charge in [0.15, 0.2) is 5.78 Å². The summed E-state index contributed by atoms with van der Waals surface area (Å²) < 4.78 is 0. The first-order chi connectivity index (χ1) is 10.1. The molecule has 0 heterocycles. The van der Waals surface area contributed by atoms with Crippen LogP contribution < -0.4 is 5.73 Å². The fourth-order valence-electron chi connectivity index (χ4n) is 2.86. The molecule has 0 saturated heterocycles. The van der Waals surface area contributed by atoms with E-state index in [-0.39, 0.29) is 24.8 Å². The molecule has 1 amide bonds. The lowest BCUT2D eigenvalue weighted by Gasteiger charge is -2.19. The average molecular weight is 288 g/mol. The predicted molar refractivity (Wildman–Crippen MR) is 83.3 cm³/mol. The van der Waals surface area contributed by atoms with Gasteiger partial charge in [-0.1, -0.05) is 25.5 Å². The van der Waals surface area contributed by atoms with Crippen LogP contribution in [0.1, 0.15) is 47.7 Å². The molecule has 114 valence electrons. The van der Waals surface area contributed by atoms with Crippen LogP contribution in [0.3, 0.4) is 0 Å². The minimum absolute atomic E-state index is 0.0713. The summed E-state index contributed by atoms with van der Waals surface area (Å²) in [6.45, 7) is 3.24. The van der Waals surface area contributed by atoms with E-state index in [0.29, 0.717) is 0 Å². The number of nitrogens with two attached hydrogens (primary N) is 1. The molecule has 1 aliphatic carbocycles. The smallest absolute Gasteiger partial charge is 0.231 e. The van der Waals surface area contributed by atoms with Crippen LogP contribution in [0.2, 0.25) is 0 Å². The molecular formula is C17H24N2O2. The number of hydrogen-bond acceptors (Lipinski definition) is 3. The molecule has 0 atom stereocenters. The van der Waals surface area contributed by atoms with E-state index >= 15 is 0 Å². The summed E-state index contributed by atoms with van der Waals surface area (Å²) in [6, 6.07) is 6.00. The number of carbonyl (C=O) groups is 2. The molecule has 1 aromatic rings. The second-order valence-electron chi connectivity index (χ2n) is 5.79. The first-order valence-corrected chi connectivity index (χ1v) is 7.75. The Labute approximate surface area is 126 Å². The topological polar surface area (TPSA) is 63.4 Å². The van der Waals surface area contributed by atoms with E-state index in [0.717, 1.165) is 37.8 Å². The van der Waals surface area contributed by atoms with Gasteiger partial charge in [-0.3, -0.25) is 14.5 Å². The Morgan fingerprint density at radius 2 is 1.95 bits per heavy atom. The zero-order chi connectivity index (χ0) is 15.2. The second kappa shape index (κ2) is 7.36. The van der Waals surface area contributed by atoms with Gasteiger partial charge in [0, 0.05) is 5.56 Å². The molecule has 0 unspecified atom stereocenters. The summed E-state index contributed by atoms with van der Waals surface area (Å²) in [5.74, 6) is -0.310. The van der Waals surface area contributed by atoms with E-state index in [4.69, 9.17) is 5.73 Å². The summed E-state index contributed by atoms with van der Waals surface area (Å²) in [6.07, 6.45) is 5.36. The molecule has 2 rings (SSSR count). The molecule has 0 saturated carbocycles. The van der Waals surface area contributed by atoms with Crippen molar-refractivity contribution in [1.82, 2.24) is 4.90 Å². The Kier molecular flexibility index (Phi) is 5.51. The Hall–Kier alpha value is -1.68. The first kappa shape index (κ1) is 15.7. The van der Waals surface area contributed by atoms with E-state index in [1.165, 1.54) is 17.5 Å². The van der Waals surface area contributed by atoms with E-state index < -0.39 is 0 Å². The van der Waals surface area contributed by atoms with Gasteiger partial charge in [0.25, 0.3) is 0 Å². The van der Waals surface area contributed by atoms with Gasteiger partial charge in [-0.15, -0.1) is 0 Å². The number of Topliss-reactive ketones (excluding diaryl/α,β-unsaturated/α-hetero) is 1. The number of rotatable bonds is 8. The normalized spacial score (nSPS) is 13.4. The third kappa shape index (κ3) is 4.39. The maximum atomic E-state index is 12.4. The summed E-state index contributed by atoms with van der Waals surface area (Å²) in [4.78, 5) is 25.4. The molecule has 0 fully saturated rings. The summed E-state index contributed by atoms with van der Waals surface area (Å²) in [7, 11) is 0. The number of unbranched alkanes of at least 4 members (excludes halogenated alkanes) is 1. The van der Waals surface area contributed by atoms with Gasteiger partial charge < -0.3 is 5.73 Å². The van der Waals surface area contributed by atoms with Gasteiger partial charge in [0.2, 0.25) is 5.91 Å². The highest BCUT2D eigenvalue weighted by Gasteiger charge is 2.17. The molecule has 4 nitrogen and oxygen atoms in total. The number of benzene rings is 1. The lowest BCUT2D eigenvalue weighted by molar-refractivity contribution is -0.119. The number of aryl methyl sites for hydroxylation is 2. The average Bonchev–Trinajstić information content (AvgIpc) is 2.91. The van der Waals surface area contributed by atoms with Crippen molar-refractivity contribution in [1.29, 1.82) is 0 Å². The SMILES string of the molecule is CCCCN(CC(N)=O)CC(=O)c1ccc2c(c1)CCC2. The molecule has 1 aliphatic rings. The maximum absolute atomic E-state index is 12.4. The third-order valence-corrected chi connectivity index (χ3v) is 4.00. The monoisotopic (exact) mass is 288 g/mol. The van der Waals surface area contributed by atoms with Crippen molar-refractivity contribution in [2.75, 3.05) is 19.6 Å². The van der Waals surface area contributed by atoms with Crippen molar-refractivity contribution in [3.8, 4) is 0 Å². The number of hydrogen-bond donors (Lipinski definition) is 1. The Bertz CT molecular complexity index is 526. The van der Waals surface area contributed by atoms with Crippen molar-refractivity contribution >= 4 is 11.7 Å². The quantitative estimate of drug-likeness (QED) is 0.744. The minimum atomic E-state index is -0.382. The zero-order valence-electron chi connectivity index (χ0n) is 12.7. The van der Waals surface area contributed by atoms with Crippen LogP contribution in [0.5, 0.6) is 0 Å².